The quantitative estimate of drug-likeness (QED) is 0.799. The van der Waals surface area contributed by atoms with Crippen molar-refractivity contribution in [2.45, 2.75) is 32.5 Å². The monoisotopic (exact) mass is 377 g/mol. The number of aromatic nitrogens is 2. The highest BCUT2D eigenvalue weighted by molar-refractivity contribution is 5.76. The highest BCUT2D eigenvalue weighted by Gasteiger charge is 2.37. The van der Waals surface area contributed by atoms with Crippen molar-refractivity contribution in [3.05, 3.63) is 47.1 Å². The summed E-state index contributed by atoms with van der Waals surface area (Å²) in [6.07, 6.45) is 0.816. The molecule has 2 aliphatic heterocycles. The van der Waals surface area contributed by atoms with Gasteiger partial charge in [-0.05, 0) is 19.4 Å². The number of carbonyl (C=O) groups excluding carboxylic acids is 1. The first-order chi connectivity index (χ1) is 13.0. The van der Waals surface area contributed by atoms with Crippen LogP contribution in [0.4, 0.5) is 13.6 Å². The first-order valence-corrected chi connectivity index (χ1v) is 9.01. The van der Waals surface area contributed by atoms with Crippen molar-refractivity contribution in [1.29, 1.82) is 0 Å². The summed E-state index contributed by atoms with van der Waals surface area (Å²) in [4.78, 5) is 22.4. The fourth-order valence-electron chi connectivity index (χ4n) is 3.78. The molecule has 0 bridgehead atoms. The first-order valence-electron chi connectivity index (χ1n) is 9.01. The van der Waals surface area contributed by atoms with E-state index in [1.54, 1.807) is 17.9 Å². The molecular formula is C18H21F2N5O2. The lowest BCUT2D eigenvalue weighted by molar-refractivity contribution is 0.170. The maximum absolute atomic E-state index is 13.9. The summed E-state index contributed by atoms with van der Waals surface area (Å²) >= 11 is 0. The van der Waals surface area contributed by atoms with Crippen LogP contribution >= 0.6 is 0 Å². The zero-order chi connectivity index (χ0) is 19.0. The Morgan fingerprint density at radius 3 is 2.85 bits per heavy atom. The van der Waals surface area contributed by atoms with E-state index in [1.165, 1.54) is 6.07 Å². The molecule has 2 saturated heterocycles. The van der Waals surface area contributed by atoms with Crippen LogP contribution < -0.4 is 0 Å². The van der Waals surface area contributed by atoms with Crippen molar-refractivity contribution in [2.24, 2.45) is 0 Å². The second-order valence-corrected chi connectivity index (χ2v) is 7.02. The molecule has 0 spiro atoms. The van der Waals surface area contributed by atoms with Gasteiger partial charge in [-0.15, -0.1) is 0 Å². The highest BCUT2D eigenvalue weighted by Crippen LogP contribution is 2.24. The van der Waals surface area contributed by atoms with Gasteiger partial charge in [0.2, 0.25) is 5.89 Å². The van der Waals surface area contributed by atoms with E-state index in [0.29, 0.717) is 50.0 Å². The van der Waals surface area contributed by atoms with Crippen LogP contribution in [0.3, 0.4) is 0 Å². The molecule has 27 heavy (non-hydrogen) atoms. The standard InChI is InChI=1S/C18H21F2N5O2/c1-12-21-16(27-22-12)11-24-7-8-25(18(24)26)14-5-6-23(10-14)9-13-3-2-4-15(19)17(13)20/h2-4,14H,5-11H2,1H3. The predicted octanol–water partition coefficient (Wildman–Crippen LogP) is 2.17. The Kier molecular flexibility index (Phi) is 4.77. The molecule has 0 aliphatic carbocycles. The third-order valence-corrected chi connectivity index (χ3v) is 5.14. The number of rotatable bonds is 5. The van der Waals surface area contributed by atoms with Crippen molar-refractivity contribution in [3.63, 3.8) is 0 Å². The smallest absolute Gasteiger partial charge is 0.320 e. The molecule has 0 radical (unpaired) electrons. The van der Waals surface area contributed by atoms with Crippen LogP contribution in [0, 0.1) is 18.6 Å². The largest absolute Gasteiger partial charge is 0.337 e. The van der Waals surface area contributed by atoms with Gasteiger partial charge in [-0.1, -0.05) is 17.3 Å². The number of benzene rings is 1. The molecule has 1 unspecified atom stereocenters. The van der Waals surface area contributed by atoms with Crippen molar-refractivity contribution in [2.75, 3.05) is 26.2 Å². The SMILES string of the molecule is Cc1noc(CN2CCN(C3CCN(Cc4cccc(F)c4F)C3)C2=O)n1. The van der Waals surface area contributed by atoms with Crippen molar-refractivity contribution < 1.29 is 18.1 Å². The van der Waals surface area contributed by atoms with Crippen molar-refractivity contribution in [3.8, 4) is 0 Å². The Labute approximate surface area is 155 Å². The molecule has 2 aliphatic rings. The van der Waals surface area contributed by atoms with Crippen LogP contribution in [-0.2, 0) is 13.1 Å². The number of nitrogens with zero attached hydrogens (tertiary/aromatic N) is 5. The van der Waals surface area contributed by atoms with Crippen molar-refractivity contribution in [1.82, 2.24) is 24.8 Å². The number of hydrogen-bond donors (Lipinski definition) is 0. The summed E-state index contributed by atoms with van der Waals surface area (Å²) in [6, 6.07) is 4.26. The second-order valence-electron chi connectivity index (χ2n) is 7.02. The molecule has 0 saturated carbocycles. The number of carbonyl (C=O) groups is 1. The Hall–Kier alpha value is -2.55. The Morgan fingerprint density at radius 1 is 1.22 bits per heavy atom. The average Bonchev–Trinajstić information content (AvgIpc) is 3.35. The lowest BCUT2D eigenvalue weighted by Crippen LogP contribution is -2.40. The summed E-state index contributed by atoms with van der Waals surface area (Å²) in [6.45, 7) is 5.02. The van der Waals surface area contributed by atoms with Gasteiger partial charge < -0.3 is 14.3 Å². The van der Waals surface area contributed by atoms with E-state index in [9.17, 15) is 13.6 Å². The van der Waals surface area contributed by atoms with Gasteiger partial charge in [0.05, 0.1) is 0 Å². The predicted molar refractivity (Wildman–Crippen MR) is 91.6 cm³/mol. The third-order valence-electron chi connectivity index (χ3n) is 5.14. The van der Waals surface area contributed by atoms with Crippen LogP contribution in [0.2, 0.25) is 0 Å². The number of halogens is 2. The van der Waals surface area contributed by atoms with Gasteiger partial charge in [-0.25, -0.2) is 13.6 Å². The van der Waals surface area contributed by atoms with E-state index in [2.05, 4.69) is 15.0 Å². The number of hydrogen-bond acceptors (Lipinski definition) is 5. The summed E-state index contributed by atoms with van der Waals surface area (Å²) < 4.78 is 32.4. The summed E-state index contributed by atoms with van der Waals surface area (Å²) in [5, 5.41) is 3.74. The molecule has 1 aromatic carbocycles. The molecule has 1 aromatic heterocycles. The minimum atomic E-state index is -0.829. The molecule has 4 rings (SSSR count). The van der Waals surface area contributed by atoms with Gasteiger partial charge in [0.25, 0.3) is 0 Å². The fraction of sp³-hybridized carbons (Fsp3) is 0.500. The third kappa shape index (κ3) is 3.64. The maximum Gasteiger partial charge on any atom is 0.320 e. The Morgan fingerprint density at radius 2 is 2.07 bits per heavy atom. The molecule has 2 fully saturated rings. The molecule has 7 nitrogen and oxygen atoms in total. The number of amides is 2. The van der Waals surface area contributed by atoms with Gasteiger partial charge in [0.15, 0.2) is 17.5 Å². The molecule has 3 heterocycles. The lowest BCUT2D eigenvalue weighted by atomic mass is 10.2. The summed E-state index contributed by atoms with van der Waals surface area (Å²) in [5.41, 5.74) is 0.344. The van der Waals surface area contributed by atoms with E-state index in [1.807, 2.05) is 4.90 Å². The molecule has 2 amide bonds. The van der Waals surface area contributed by atoms with Crippen LogP contribution in [-0.4, -0.2) is 63.1 Å². The van der Waals surface area contributed by atoms with Crippen LogP contribution in [0.15, 0.2) is 22.7 Å². The van der Waals surface area contributed by atoms with E-state index < -0.39 is 11.6 Å². The topological polar surface area (TPSA) is 65.7 Å². The Bertz CT molecular complexity index is 843. The summed E-state index contributed by atoms with van der Waals surface area (Å²) in [5.74, 6) is -0.647. The molecule has 2 aromatic rings. The maximum atomic E-state index is 13.9. The molecule has 0 N–H and O–H groups in total. The minimum Gasteiger partial charge on any atom is -0.337 e. The van der Waals surface area contributed by atoms with Crippen LogP contribution in [0.25, 0.3) is 0 Å². The first kappa shape index (κ1) is 17.8. The second kappa shape index (κ2) is 7.22. The van der Waals surface area contributed by atoms with Crippen molar-refractivity contribution >= 4 is 6.03 Å². The zero-order valence-electron chi connectivity index (χ0n) is 15.1. The van der Waals surface area contributed by atoms with Gasteiger partial charge in [0, 0.05) is 44.3 Å². The lowest BCUT2D eigenvalue weighted by Gasteiger charge is -2.24. The average molecular weight is 377 g/mol. The fourth-order valence-corrected chi connectivity index (χ4v) is 3.78. The summed E-state index contributed by atoms with van der Waals surface area (Å²) in [7, 11) is 0. The van der Waals surface area contributed by atoms with E-state index >= 15 is 0 Å². The highest BCUT2D eigenvalue weighted by atomic mass is 19.2. The number of likely N-dealkylation sites (tertiary alicyclic amines) is 1. The van der Waals surface area contributed by atoms with Gasteiger partial charge in [-0.3, -0.25) is 4.90 Å². The van der Waals surface area contributed by atoms with Gasteiger partial charge in [-0.2, -0.15) is 4.98 Å². The molecular weight excluding hydrogens is 356 g/mol. The van der Waals surface area contributed by atoms with Crippen LogP contribution in [0.5, 0.6) is 0 Å². The van der Waals surface area contributed by atoms with Gasteiger partial charge in [0.1, 0.15) is 6.54 Å². The zero-order valence-corrected chi connectivity index (χ0v) is 15.1. The molecule has 9 heteroatoms. The normalized spacial score (nSPS) is 20.9. The van der Waals surface area contributed by atoms with E-state index in [4.69, 9.17) is 4.52 Å². The molecule has 1 atom stereocenters. The van der Waals surface area contributed by atoms with E-state index in [-0.39, 0.29) is 12.1 Å². The Balaban J connectivity index is 1.35. The number of aryl methyl sites for hydroxylation is 1. The van der Waals surface area contributed by atoms with Crippen LogP contribution in [0.1, 0.15) is 23.7 Å². The van der Waals surface area contributed by atoms with E-state index in [0.717, 1.165) is 19.0 Å². The minimum absolute atomic E-state index is 0.0466. The van der Waals surface area contributed by atoms with Gasteiger partial charge >= 0.3 is 6.03 Å². The number of urea groups is 1. The molecule has 144 valence electrons.